The van der Waals surface area contributed by atoms with Crippen LogP contribution in [0.25, 0.3) is 0 Å². The van der Waals surface area contributed by atoms with E-state index in [1.807, 2.05) is 0 Å². The Hall–Kier alpha value is -1.35. The summed E-state index contributed by atoms with van der Waals surface area (Å²) in [4.78, 5) is 4.50. The zero-order valence-corrected chi connectivity index (χ0v) is 9.03. The first kappa shape index (κ1) is 10.2. The first-order valence-electron chi connectivity index (χ1n) is 5.37. The van der Waals surface area contributed by atoms with Crippen molar-refractivity contribution in [2.75, 3.05) is 0 Å². The van der Waals surface area contributed by atoms with Crippen molar-refractivity contribution in [1.82, 2.24) is 5.43 Å². The van der Waals surface area contributed by atoms with Crippen LogP contribution in [0, 0.1) is 6.92 Å². The second-order valence-electron chi connectivity index (χ2n) is 4.11. The number of aliphatic imine (C=N–C) groups is 1. The first-order valence-corrected chi connectivity index (χ1v) is 5.37. The zero-order chi connectivity index (χ0) is 10.7. The van der Waals surface area contributed by atoms with Crippen LogP contribution >= 0.6 is 0 Å². The number of rotatable bonds is 3. The highest BCUT2D eigenvalue weighted by Gasteiger charge is 2.20. The maximum atomic E-state index is 5.45. The molecule has 0 amide bonds. The number of nitrogens with two attached hydrogens (primary N) is 1. The second-order valence-corrected chi connectivity index (χ2v) is 4.11. The molecule has 1 aliphatic rings. The van der Waals surface area contributed by atoms with Gasteiger partial charge in [0.25, 0.3) is 0 Å². The lowest BCUT2D eigenvalue weighted by atomic mass is 10.1. The third-order valence-corrected chi connectivity index (χ3v) is 2.54. The third kappa shape index (κ3) is 3.06. The minimum absolute atomic E-state index is 0.515. The molecule has 1 aromatic carbocycles. The SMILES string of the molecule is Cc1ccc(CC(=NC2CC2)NN)cc1. The van der Waals surface area contributed by atoms with E-state index in [4.69, 9.17) is 5.84 Å². The van der Waals surface area contributed by atoms with Crippen LogP contribution in [-0.2, 0) is 6.42 Å². The van der Waals surface area contributed by atoms with Crippen LogP contribution in [0.15, 0.2) is 29.3 Å². The molecule has 0 radical (unpaired) electrons. The molecule has 0 atom stereocenters. The Morgan fingerprint density at radius 3 is 2.60 bits per heavy atom. The number of nitrogens with zero attached hydrogens (tertiary/aromatic N) is 1. The number of hydrogen-bond acceptors (Lipinski definition) is 2. The van der Waals surface area contributed by atoms with Crippen molar-refractivity contribution in [3.05, 3.63) is 35.4 Å². The van der Waals surface area contributed by atoms with Gasteiger partial charge in [-0.15, -0.1) is 0 Å². The van der Waals surface area contributed by atoms with E-state index in [1.165, 1.54) is 24.0 Å². The molecule has 1 saturated carbocycles. The van der Waals surface area contributed by atoms with Gasteiger partial charge in [0, 0.05) is 6.42 Å². The van der Waals surface area contributed by atoms with Crippen molar-refractivity contribution in [1.29, 1.82) is 0 Å². The fourth-order valence-electron chi connectivity index (χ4n) is 1.46. The van der Waals surface area contributed by atoms with Crippen LogP contribution in [0.4, 0.5) is 0 Å². The number of aryl methyl sites for hydroxylation is 1. The predicted octanol–water partition coefficient (Wildman–Crippen LogP) is 1.56. The zero-order valence-electron chi connectivity index (χ0n) is 9.03. The van der Waals surface area contributed by atoms with Gasteiger partial charge in [-0.2, -0.15) is 0 Å². The summed E-state index contributed by atoms with van der Waals surface area (Å²) in [5.41, 5.74) is 5.21. The van der Waals surface area contributed by atoms with Gasteiger partial charge in [0.15, 0.2) is 0 Å². The number of benzene rings is 1. The van der Waals surface area contributed by atoms with Crippen LogP contribution in [0.3, 0.4) is 0 Å². The topological polar surface area (TPSA) is 50.4 Å². The standard InChI is InChI=1S/C12H17N3/c1-9-2-4-10(5-3-9)8-12(15-13)14-11-6-7-11/h2-5,11H,6-8,13H2,1H3,(H,14,15). The van der Waals surface area contributed by atoms with Gasteiger partial charge in [-0.05, 0) is 25.3 Å². The number of hydrogen-bond donors (Lipinski definition) is 2. The molecule has 0 unspecified atom stereocenters. The molecule has 0 bridgehead atoms. The summed E-state index contributed by atoms with van der Waals surface area (Å²) in [7, 11) is 0. The molecule has 0 saturated heterocycles. The molecule has 3 N–H and O–H groups in total. The van der Waals surface area contributed by atoms with E-state index in [-0.39, 0.29) is 0 Å². The summed E-state index contributed by atoms with van der Waals surface area (Å²) in [5.74, 6) is 6.34. The Labute approximate surface area is 90.4 Å². The Kier molecular flexibility index (Phi) is 3.02. The quantitative estimate of drug-likeness (QED) is 0.339. The molecule has 0 aromatic heterocycles. The monoisotopic (exact) mass is 203 g/mol. The van der Waals surface area contributed by atoms with Gasteiger partial charge >= 0.3 is 0 Å². The summed E-state index contributed by atoms with van der Waals surface area (Å²) in [5, 5.41) is 0. The molecule has 2 rings (SSSR count). The van der Waals surface area contributed by atoms with Crippen molar-refractivity contribution in [2.45, 2.75) is 32.2 Å². The average molecular weight is 203 g/mol. The van der Waals surface area contributed by atoms with Crippen LogP contribution in [0.1, 0.15) is 24.0 Å². The number of hydrazine groups is 1. The molecule has 0 aliphatic heterocycles. The van der Waals surface area contributed by atoms with Crippen LogP contribution in [0.5, 0.6) is 0 Å². The van der Waals surface area contributed by atoms with Gasteiger partial charge in [0.2, 0.25) is 0 Å². The third-order valence-electron chi connectivity index (χ3n) is 2.54. The highest BCUT2D eigenvalue weighted by molar-refractivity contribution is 5.84. The minimum atomic E-state index is 0.515. The maximum absolute atomic E-state index is 5.45. The second kappa shape index (κ2) is 4.45. The van der Waals surface area contributed by atoms with Crippen molar-refractivity contribution in [2.24, 2.45) is 10.8 Å². The highest BCUT2D eigenvalue weighted by Crippen LogP contribution is 2.23. The normalized spacial score (nSPS) is 16.5. The fourth-order valence-corrected chi connectivity index (χ4v) is 1.46. The van der Waals surface area contributed by atoms with Crippen molar-refractivity contribution < 1.29 is 0 Å². The lowest BCUT2D eigenvalue weighted by molar-refractivity contribution is 0.940. The van der Waals surface area contributed by atoms with Gasteiger partial charge in [-0.1, -0.05) is 29.8 Å². The summed E-state index contributed by atoms with van der Waals surface area (Å²) in [6.45, 7) is 2.09. The van der Waals surface area contributed by atoms with E-state index in [0.717, 1.165) is 12.3 Å². The summed E-state index contributed by atoms with van der Waals surface area (Å²) >= 11 is 0. The summed E-state index contributed by atoms with van der Waals surface area (Å²) < 4.78 is 0. The Morgan fingerprint density at radius 2 is 2.07 bits per heavy atom. The van der Waals surface area contributed by atoms with E-state index in [0.29, 0.717) is 6.04 Å². The molecule has 3 heteroatoms. The smallest absolute Gasteiger partial charge is 0.115 e. The van der Waals surface area contributed by atoms with E-state index in [9.17, 15) is 0 Å². The van der Waals surface area contributed by atoms with Crippen LogP contribution < -0.4 is 11.3 Å². The van der Waals surface area contributed by atoms with Crippen molar-refractivity contribution >= 4 is 5.84 Å². The molecule has 1 fully saturated rings. The highest BCUT2D eigenvalue weighted by atomic mass is 15.3. The van der Waals surface area contributed by atoms with Crippen LogP contribution in [0.2, 0.25) is 0 Å². The number of amidine groups is 1. The molecule has 3 nitrogen and oxygen atoms in total. The van der Waals surface area contributed by atoms with E-state index >= 15 is 0 Å². The van der Waals surface area contributed by atoms with Crippen LogP contribution in [-0.4, -0.2) is 11.9 Å². The van der Waals surface area contributed by atoms with Gasteiger partial charge in [0.05, 0.1) is 6.04 Å². The predicted molar refractivity (Wildman–Crippen MR) is 62.7 cm³/mol. The molecular formula is C12H17N3. The van der Waals surface area contributed by atoms with E-state index in [1.54, 1.807) is 0 Å². The molecule has 1 aromatic rings. The molecule has 15 heavy (non-hydrogen) atoms. The van der Waals surface area contributed by atoms with Gasteiger partial charge in [0.1, 0.15) is 5.84 Å². The largest absolute Gasteiger partial charge is 0.312 e. The Bertz CT molecular complexity index is 350. The van der Waals surface area contributed by atoms with Crippen molar-refractivity contribution in [3.63, 3.8) is 0 Å². The van der Waals surface area contributed by atoms with Crippen molar-refractivity contribution in [3.8, 4) is 0 Å². The molecule has 0 spiro atoms. The molecule has 1 aliphatic carbocycles. The van der Waals surface area contributed by atoms with Gasteiger partial charge in [-0.25, -0.2) is 5.84 Å². The lowest BCUT2D eigenvalue weighted by Crippen LogP contribution is -2.32. The summed E-state index contributed by atoms with van der Waals surface area (Å²) in [6, 6.07) is 8.98. The lowest BCUT2D eigenvalue weighted by Gasteiger charge is -2.05. The minimum Gasteiger partial charge on any atom is -0.312 e. The Balaban J connectivity index is 2.02. The van der Waals surface area contributed by atoms with Gasteiger partial charge in [-0.3, -0.25) is 4.99 Å². The van der Waals surface area contributed by atoms with E-state index in [2.05, 4.69) is 41.6 Å². The first-order chi connectivity index (χ1) is 7.28. The van der Waals surface area contributed by atoms with E-state index < -0.39 is 0 Å². The maximum Gasteiger partial charge on any atom is 0.115 e. The molecular weight excluding hydrogens is 186 g/mol. The summed E-state index contributed by atoms with van der Waals surface area (Å²) in [6.07, 6.45) is 3.21. The molecule has 80 valence electrons. The molecule has 0 heterocycles. The Morgan fingerprint density at radius 1 is 1.40 bits per heavy atom. The fraction of sp³-hybridized carbons (Fsp3) is 0.417. The number of nitrogens with one attached hydrogen (secondary N) is 1. The average Bonchev–Trinajstić information content (AvgIpc) is 3.04. The van der Waals surface area contributed by atoms with Gasteiger partial charge < -0.3 is 5.43 Å².